The summed E-state index contributed by atoms with van der Waals surface area (Å²) in [6, 6.07) is 12.1. The number of aromatic nitrogens is 1. The Hall–Kier alpha value is -1.78. The van der Waals surface area contributed by atoms with Gasteiger partial charge in [0.2, 0.25) is 5.91 Å². The first-order chi connectivity index (χ1) is 12.1. The maximum absolute atomic E-state index is 12.2. The number of ether oxygens (including phenoxy) is 1. The molecule has 3 rings (SSSR count). The molecular formula is C20H25ClN2O2. The minimum atomic E-state index is 0.128. The van der Waals surface area contributed by atoms with E-state index in [0.29, 0.717) is 25.0 Å². The maximum atomic E-state index is 12.2. The van der Waals surface area contributed by atoms with Gasteiger partial charge in [0.25, 0.3) is 0 Å². The Morgan fingerprint density at radius 3 is 2.56 bits per heavy atom. The molecule has 0 saturated heterocycles. The van der Waals surface area contributed by atoms with E-state index in [1.54, 1.807) is 7.11 Å². The Morgan fingerprint density at radius 2 is 1.88 bits per heavy atom. The molecule has 0 aliphatic heterocycles. The molecule has 4 nitrogen and oxygen atoms in total. The first kappa shape index (κ1) is 18.0. The average Bonchev–Trinajstić information content (AvgIpc) is 3.10. The van der Waals surface area contributed by atoms with Gasteiger partial charge in [0.1, 0.15) is 0 Å². The third-order valence-electron chi connectivity index (χ3n) is 4.90. The van der Waals surface area contributed by atoms with Gasteiger partial charge in [-0.2, -0.15) is 0 Å². The van der Waals surface area contributed by atoms with E-state index in [4.69, 9.17) is 16.3 Å². The van der Waals surface area contributed by atoms with E-state index >= 15 is 0 Å². The quantitative estimate of drug-likeness (QED) is 0.805. The van der Waals surface area contributed by atoms with Gasteiger partial charge in [0.05, 0.1) is 6.10 Å². The van der Waals surface area contributed by atoms with Crippen LogP contribution in [0.25, 0.3) is 11.3 Å². The molecule has 0 unspecified atom stereocenters. The number of methoxy groups -OCH3 is 1. The van der Waals surface area contributed by atoms with Crippen LogP contribution in [0.5, 0.6) is 0 Å². The van der Waals surface area contributed by atoms with Crippen LogP contribution in [-0.2, 0) is 16.0 Å². The SMILES string of the molecule is COC1CCC(NC(=O)CCc2ccc(-c3ccc(Cl)cc3)[nH]2)CC1. The number of rotatable bonds is 6. The predicted octanol–water partition coefficient (Wildman–Crippen LogP) is 4.34. The minimum Gasteiger partial charge on any atom is -0.381 e. The van der Waals surface area contributed by atoms with Crippen LogP contribution in [0.1, 0.15) is 37.8 Å². The number of hydrogen-bond acceptors (Lipinski definition) is 2. The summed E-state index contributed by atoms with van der Waals surface area (Å²) in [6.07, 6.45) is 5.65. The van der Waals surface area contributed by atoms with Gasteiger partial charge < -0.3 is 15.0 Å². The van der Waals surface area contributed by atoms with Crippen molar-refractivity contribution in [3.8, 4) is 11.3 Å². The van der Waals surface area contributed by atoms with E-state index in [1.807, 2.05) is 36.4 Å². The molecule has 1 aliphatic rings. The van der Waals surface area contributed by atoms with Crippen LogP contribution in [0.15, 0.2) is 36.4 Å². The summed E-state index contributed by atoms with van der Waals surface area (Å²) in [7, 11) is 1.76. The summed E-state index contributed by atoms with van der Waals surface area (Å²) in [5.41, 5.74) is 3.21. The summed E-state index contributed by atoms with van der Waals surface area (Å²) < 4.78 is 5.37. The van der Waals surface area contributed by atoms with Gasteiger partial charge in [0.15, 0.2) is 0 Å². The molecule has 25 heavy (non-hydrogen) atoms. The van der Waals surface area contributed by atoms with Gasteiger partial charge in [-0.15, -0.1) is 0 Å². The highest BCUT2D eigenvalue weighted by molar-refractivity contribution is 6.30. The summed E-state index contributed by atoms with van der Waals surface area (Å²) >= 11 is 5.92. The zero-order valence-corrected chi connectivity index (χ0v) is 15.3. The molecule has 0 radical (unpaired) electrons. The lowest BCUT2D eigenvalue weighted by molar-refractivity contribution is -0.122. The average molecular weight is 361 g/mol. The van der Waals surface area contributed by atoms with E-state index in [9.17, 15) is 4.79 Å². The second kappa shape index (κ2) is 8.54. The Bertz CT molecular complexity index is 688. The second-order valence-corrected chi connectivity index (χ2v) is 7.12. The first-order valence-electron chi connectivity index (χ1n) is 8.90. The molecular weight excluding hydrogens is 336 g/mol. The van der Waals surface area contributed by atoms with Crippen molar-refractivity contribution in [2.75, 3.05) is 7.11 Å². The van der Waals surface area contributed by atoms with Crippen molar-refractivity contribution in [2.24, 2.45) is 0 Å². The molecule has 5 heteroatoms. The number of halogens is 1. The van der Waals surface area contributed by atoms with Crippen LogP contribution in [0.2, 0.25) is 5.02 Å². The van der Waals surface area contributed by atoms with Crippen LogP contribution in [0, 0.1) is 0 Å². The van der Waals surface area contributed by atoms with Gasteiger partial charge in [-0.3, -0.25) is 4.79 Å². The molecule has 0 bridgehead atoms. The first-order valence-corrected chi connectivity index (χ1v) is 9.28. The lowest BCUT2D eigenvalue weighted by Gasteiger charge is -2.28. The molecule has 0 atom stereocenters. The Morgan fingerprint density at radius 1 is 1.16 bits per heavy atom. The molecule has 1 aliphatic carbocycles. The molecule has 2 N–H and O–H groups in total. The van der Waals surface area contributed by atoms with Crippen molar-refractivity contribution >= 4 is 17.5 Å². The summed E-state index contributed by atoms with van der Waals surface area (Å²) in [4.78, 5) is 15.6. The van der Waals surface area contributed by atoms with E-state index in [1.165, 1.54) is 0 Å². The summed E-state index contributed by atoms with van der Waals surface area (Å²) in [5, 5.41) is 3.88. The summed E-state index contributed by atoms with van der Waals surface area (Å²) in [5.74, 6) is 0.128. The Labute approximate surface area is 153 Å². The number of aryl methyl sites for hydroxylation is 1. The number of nitrogens with one attached hydrogen (secondary N) is 2. The van der Waals surface area contributed by atoms with Crippen molar-refractivity contribution in [1.82, 2.24) is 10.3 Å². The second-order valence-electron chi connectivity index (χ2n) is 6.68. The molecule has 1 aromatic carbocycles. The van der Waals surface area contributed by atoms with Gasteiger partial charge in [0, 0.05) is 36.0 Å². The highest BCUT2D eigenvalue weighted by Crippen LogP contribution is 2.22. The monoisotopic (exact) mass is 360 g/mol. The van der Waals surface area contributed by atoms with Crippen molar-refractivity contribution in [1.29, 1.82) is 0 Å². The van der Waals surface area contributed by atoms with E-state index in [2.05, 4.69) is 10.3 Å². The lowest BCUT2D eigenvalue weighted by Crippen LogP contribution is -2.39. The van der Waals surface area contributed by atoms with Gasteiger partial charge in [-0.25, -0.2) is 0 Å². The topological polar surface area (TPSA) is 54.1 Å². The zero-order chi connectivity index (χ0) is 17.6. The molecule has 2 aromatic rings. The fourth-order valence-electron chi connectivity index (χ4n) is 3.37. The predicted molar refractivity (Wildman–Crippen MR) is 101 cm³/mol. The molecule has 0 spiro atoms. The van der Waals surface area contributed by atoms with Gasteiger partial charge in [-0.05, 0) is 61.9 Å². The number of benzene rings is 1. The Kier molecular flexibility index (Phi) is 6.16. The van der Waals surface area contributed by atoms with Gasteiger partial charge in [-0.1, -0.05) is 23.7 Å². The third kappa shape index (κ3) is 5.10. The van der Waals surface area contributed by atoms with Crippen molar-refractivity contribution in [3.05, 3.63) is 47.1 Å². The van der Waals surface area contributed by atoms with Crippen LogP contribution in [0.4, 0.5) is 0 Å². The highest BCUT2D eigenvalue weighted by atomic mass is 35.5. The number of carbonyl (C=O) groups excluding carboxylic acids is 1. The molecule has 134 valence electrons. The number of H-pyrrole nitrogens is 1. The van der Waals surface area contributed by atoms with Crippen LogP contribution < -0.4 is 5.32 Å². The Balaban J connectivity index is 1.46. The van der Waals surface area contributed by atoms with Crippen LogP contribution in [-0.4, -0.2) is 30.1 Å². The van der Waals surface area contributed by atoms with Crippen molar-refractivity contribution in [3.63, 3.8) is 0 Å². The largest absolute Gasteiger partial charge is 0.381 e. The number of hydrogen-bond donors (Lipinski definition) is 2. The fraction of sp³-hybridized carbons (Fsp3) is 0.450. The normalized spacial score (nSPS) is 20.4. The minimum absolute atomic E-state index is 0.128. The maximum Gasteiger partial charge on any atom is 0.220 e. The van der Waals surface area contributed by atoms with Crippen LogP contribution in [0.3, 0.4) is 0 Å². The molecule has 1 saturated carbocycles. The zero-order valence-electron chi connectivity index (χ0n) is 14.6. The smallest absolute Gasteiger partial charge is 0.220 e. The summed E-state index contributed by atoms with van der Waals surface area (Å²) in [6.45, 7) is 0. The van der Waals surface area contributed by atoms with Gasteiger partial charge >= 0.3 is 0 Å². The lowest BCUT2D eigenvalue weighted by atomic mass is 9.93. The number of amides is 1. The highest BCUT2D eigenvalue weighted by Gasteiger charge is 2.21. The standard InChI is InChI=1S/C20H25ClN2O2/c1-25-18-10-6-17(7-11-18)23-20(24)13-9-16-8-12-19(22-16)14-2-4-15(21)5-3-14/h2-5,8,12,17-18,22H,6-7,9-11,13H2,1H3,(H,23,24). The molecule has 1 aromatic heterocycles. The third-order valence-corrected chi connectivity index (χ3v) is 5.15. The van der Waals surface area contributed by atoms with Crippen LogP contribution >= 0.6 is 11.6 Å². The number of aromatic amines is 1. The molecule has 1 amide bonds. The molecule has 1 fully saturated rings. The fourth-order valence-corrected chi connectivity index (χ4v) is 3.50. The molecule has 1 heterocycles. The van der Waals surface area contributed by atoms with E-state index < -0.39 is 0 Å². The van der Waals surface area contributed by atoms with E-state index in [-0.39, 0.29) is 5.91 Å². The number of carbonyl (C=O) groups is 1. The van der Waals surface area contributed by atoms with E-state index in [0.717, 1.165) is 47.7 Å². The van der Waals surface area contributed by atoms with Crippen molar-refractivity contribution in [2.45, 2.75) is 50.7 Å². The van der Waals surface area contributed by atoms with Crippen molar-refractivity contribution < 1.29 is 9.53 Å².